The van der Waals surface area contributed by atoms with Crippen molar-refractivity contribution in [1.29, 1.82) is 0 Å². The predicted octanol–water partition coefficient (Wildman–Crippen LogP) is 2.38. The summed E-state index contributed by atoms with van der Waals surface area (Å²) in [7, 11) is 0. The van der Waals surface area contributed by atoms with E-state index in [1.54, 1.807) is 6.92 Å². The Morgan fingerprint density at radius 3 is 2.13 bits per heavy atom. The lowest BCUT2D eigenvalue weighted by Crippen LogP contribution is -2.60. The highest BCUT2D eigenvalue weighted by molar-refractivity contribution is 6.37. The summed E-state index contributed by atoms with van der Waals surface area (Å²) >= 11 is 0. The highest BCUT2D eigenvalue weighted by Crippen LogP contribution is 2.65. The third kappa shape index (κ3) is 6.15. The largest absolute Gasteiger partial charge is 0.446 e. The number of hydrogen-bond donors (Lipinski definition) is 3. The second-order valence-corrected chi connectivity index (χ2v) is 13.5. The lowest BCUT2D eigenvalue weighted by molar-refractivity contribution is -0.145. The van der Waals surface area contributed by atoms with Gasteiger partial charge in [-0.3, -0.25) is 19.2 Å². The number of carbonyl (C=O) groups excluding carboxylic acids is 5. The van der Waals surface area contributed by atoms with Gasteiger partial charge in [-0.1, -0.05) is 67.7 Å². The van der Waals surface area contributed by atoms with E-state index < -0.39 is 47.2 Å². The van der Waals surface area contributed by atoms with Crippen LogP contribution in [0.3, 0.4) is 0 Å². The molecule has 4 amide bonds. The number of amides is 4. The SMILES string of the molecule is CC(C)[C@@H](C)OC(=O)N[C@H](C(=O)N1C[C@H]2[C@@H]([C@H]1C(=O)N[C@@H](CC1CCC1)C(=O)C(N)=O)C2(C)C)C(C)(C)C. The normalized spacial score (nSPS) is 26.4. The number of primary amides is 1. The van der Waals surface area contributed by atoms with E-state index in [-0.39, 0.29) is 41.1 Å². The molecule has 0 spiro atoms. The van der Waals surface area contributed by atoms with Crippen molar-refractivity contribution in [3.05, 3.63) is 0 Å². The van der Waals surface area contributed by atoms with Crippen molar-refractivity contribution in [3.8, 4) is 0 Å². The zero-order valence-corrected chi connectivity index (χ0v) is 24.1. The molecule has 1 aliphatic heterocycles. The van der Waals surface area contributed by atoms with Crippen molar-refractivity contribution in [3.63, 3.8) is 0 Å². The number of nitrogens with two attached hydrogens (primary N) is 1. The van der Waals surface area contributed by atoms with Gasteiger partial charge in [0.1, 0.15) is 18.2 Å². The van der Waals surface area contributed by atoms with Gasteiger partial charge in [0.15, 0.2) is 0 Å². The van der Waals surface area contributed by atoms with E-state index >= 15 is 0 Å². The summed E-state index contributed by atoms with van der Waals surface area (Å²) in [4.78, 5) is 66.1. The Kier molecular flexibility index (Phi) is 8.53. The highest BCUT2D eigenvalue weighted by Gasteiger charge is 2.70. The number of hydrogen-bond acceptors (Lipinski definition) is 6. The van der Waals surface area contributed by atoms with Gasteiger partial charge >= 0.3 is 6.09 Å². The number of Topliss-reactive ketones (excluding diaryl/α,β-unsaturated/α-hetero) is 1. The van der Waals surface area contributed by atoms with E-state index in [1.807, 2.05) is 34.6 Å². The molecule has 1 saturated heterocycles. The van der Waals surface area contributed by atoms with E-state index in [0.29, 0.717) is 13.0 Å². The number of carbonyl (C=O) groups is 5. The summed E-state index contributed by atoms with van der Waals surface area (Å²) in [6, 6.07) is -2.75. The van der Waals surface area contributed by atoms with Gasteiger partial charge < -0.3 is 26.0 Å². The quantitative estimate of drug-likeness (QED) is 0.367. The summed E-state index contributed by atoms with van der Waals surface area (Å²) in [5.74, 6) is -2.33. The molecule has 6 atom stereocenters. The van der Waals surface area contributed by atoms with Crippen LogP contribution in [0.4, 0.5) is 4.79 Å². The summed E-state index contributed by atoms with van der Waals surface area (Å²) in [6.45, 7) is 15.7. The second-order valence-electron chi connectivity index (χ2n) is 13.5. The molecule has 4 N–H and O–H groups in total. The number of likely N-dealkylation sites (tertiary alicyclic amines) is 1. The van der Waals surface area contributed by atoms with Crippen LogP contribution >= 0.6 is 0 Å². The molecule has 3 fully saturated rings. The van der Waals surface area contributed by atoms with E-state index in [9.17, 15) is 24.0 Å². The molecule has 214 valence electrons. The topological polar surface area (TPSA) is 148 Å². The molecule has 0 aromatic rings. The average Bonchev–Trinajstić information content (AvgIpc) is 3.10. The molecule has 3 aliphatic rings. The molecule has 0 aromatic heterocycles. The Morgan fingerprint density at radius 2 is 1.66 bits per heavy atom. The first-order chi connectivity index (χ1) is 17.5. The molecule has 2 aliphatic carbocycles. The molecule has 2 saturated carbocycles. The number of ether oxygens (including phenoxy) is 1. The van der Waals surface area contributed by atoms with Crippen LogP contribution in [0.5, 0.6) is 0 Å². The lowest BCUT2D eigenvalue weighted by Gasteiger charge is -2.38. The molecular formula is C28H46N4O6. The zero-order valence-electron chi connectivity index (χ0n) is 24.1. The first kappa shape index (κ1) is 29.9. The third-order valence-corrected chi connectivity index (χ3v) is 9.04. The maximum atomic E-state index is 13.9. The van der Waals surface area contributed by atoms with Crippen LogP contribution in [0.1, 0.15) is 81.1 Å². The molecule has 3 rings (SSSR count). The average molecular weight is 535 g/mol. The van der Waals surface area contributed by atoms with Crippen molar-refractivity contribution in [2.24, 2.45) is 40.2 Å². The Morgan fingerprint density at radius 1 is 1.05 bits per heavy atom. The van der Waals surface area contributed by atoms with Gasteiger partial charge in [-0.15, -0.1) is 0 Å². The molecule has 0 unspecified atom stereocenters. The fourth-order valence-corrected chi connectivity index (χ4v) is 5.81. The number of rotatable bonds is 10. The van der Waals surface area contributed by atoms with E-state index in [1.165, 1.54) is 4.90 Å². The number of nitrogens with zero attached hydrogens (tertiary/aromatic N) is 1. The van der Waals surface area contributed by atoms with Crippen molar-refractivity contribution in [2.45, 2.75) is 105 Å². The highest BCUT2D eigenvalue weighted by atomic mass is 16.6. The van der Waals surface area contributed by atoms with Gasteiger partial charge in [0.05, 0.1) is 6.04 Å². The summed E-state index contributed by atoms with van der Waals surface area (Å²) in [5, 5.41) is 5.53. The first-order valence-electron chi connectivity index (χ1n) is 13.9. The predicted molar refractivity (Wildman–Crippen MR) is 142 cm³/mol. The maximum Gasteiger partial charge on any atom is 0.408 e. The van der Waals surface area contributed by atoms with Crippen LogP contribution in [-0.4, -0.2) is 65.3 Å². The number of fused-ring (bicyclic) bond motifs is 1. The van der Waals surface area contributed by atoms with Gasteiger partial charge in [-0.25, -0.2) is 4.79 Å². The minimum atomic E-state index is -1.08. The van der Waals surface area contributed by atoms with Crippen LogP contribution in [0.15, 0.2) is 0 Å². The molecular weight excluding hydrogens is 488 g/mol. The minimum Gasteiger partial charge on any atom is -0.446 e. The third-order valence-electron chi connectivity index (χ3n) is 9.04. The molecule has 0 radical (unpaired) electrons. The van der Waals surface area contributed by atoms with Crippen LogP contribution in [0.2, 0.25) is 0 Å². The summed E-state index contributed by atoms with van der Waals surface area (Å²) in [6.07, 6.45) is 2.28. The van der Waals surface area contributed by atoms with Gasteiger partial charge in [0.25, 0.3) is 5.91 Å². The Labute approximate surface area is 226 Å². The van der Waals surface area contributed by atoms with Crippen LogP contribution in [-0.2, 0) is 23.9 Å². The van der Waals surface area contributed by atoms with Crippen LogP contribution < -0.4 is 16.4 Å². The van der Waals surface area contributed by atoms with Crippen molar-refractivity contribution < 1.29 is 28.7 Å². The lowest BCUT2D eigenvalue weighted by atomic mass is 9.80. The van der Waals surface area contributed by atoms with Crippen LogP contribution in [0.25, 0.3) is 0 Å². The van der Waals surface area contributed by atoms with E-state index in [2.05, 4.69) is 24.5 Å². The fourth-order valence-electron chi connectivity index (χ4n) is 5.81. The Balaban J connectivity index is 1.82. The van der Waals surface area contributed by atoms with Crippen LogP contribution in [0, 0.1) is 34.5 Å². The van der Waals surface area contributed by atoms with E-state index in [0.717, 1.165) is 19.3 Å². The van der Waals surface area contributed by atoms with Crippen molar-refractivity contribution >= 4 is 29.6 Å². The number of nitrogens with one attached hydrogen (secondary N) is 2. The molecule has 1 heterocycles. The zero-order chi connectivity index (χ0) is 28.7. The van der Waals surface area contributed by atoms with Gasteiger partial charge in [-0.2, -0.15) is 0 Å². The summed E-state index contributed by atoms with van der Waals surface area (Å²) < 4.78 is 5.46. The van der Waals surface area contributed by atoms with Gasteiger partial charge in [0.2, 0.25) is 17.6 Å². The number of piperidine rings is 1. The molecule has 0 bridgehead atoms. The number of alkyl carbamates (subject to hydrolysis) is 1. The van der Waals surface area contributed by atoms with E-state index in [4.69, 9.17) is 10.5 Å². The second kappa shape index (κ2) is 10.8. The molecule has 0 aromatic carbocycles. The molecule has 10 nitrogen and oxygen atoms in total. The fraction of sp³-hybridized carbons (Fsp3) is 0.821. The van der Waals surface area contributed by atoms with Gasteiger partial charge in [-0.05, 0) is 47.8 Å². The van der Waals surface area contributed by atoms with Crippen molar-refractivity contribution in [2.75, 3.05) is 6.54 Å². The maximum absolute atomic E-state index is 13.9. The van der Waals surface area contributed by atoms with Crippen molar-refractivity contribution in [1.82, 2.24) is 15.5 Å². The minimum absolute atomic E-state index is 0.0898. The molecule has 10 heteroatoms. The Hall–Kier alpha value is -2.65. The number of ketones is 1. The standard InChI is InChI=1S/C28H46N4O6/c1-14(2)15(3)38-26(37)31-22(27(4,5)6)25(36)32-13-17-19(28(17,7)8)20(32)24(35)30-18(21(33)23(29)34)12-16-10-9-11-16/h14-20,22H,9-13H2,1-8H3,(H2,29,34)(H,30,35)(H,31,37)/t15-,17+,18+,19+,20+,22-/m1/s1. The monoisotopic (exact) mass is 534 g/mol. The summed E-state index contributed by atoms with van der Waals surface area (Å²) in [5.41, 5.74) is 4.48. The Bertz CT molecular complexity index is 967. The first-order valence-corrected chi connectivity index (χ1v) is 13.9. The molecule has 38 heavy (non-hydrogen) atoms. The smallest absolute Gasteiger partial charge is 0.408 e. The van der Waals surface area contributed by atoms with Gasteiger partial charge in [0, 0.05) is 6.54 Å².